The van der Waals surface area contributed by atoms with Crippen molar-refractivity contribution in [3.8, 4) is 0 Å². The molecule has 1 atom stereocenters. The van der Waals surface area contributed by atoms with Crippen LogP contribution in [0.2, 0.25) is 0 Å². The van der Waals surface area contributed by atoms with Crippen molar-refractivity contribution < 1.29 is 10.2 Å². The molecule has 0 aromatic heterocycles. The topological polar surface area (TPSA) is 40.5 Å². The first-order chi connectivity index (χ1) is 9.22. The fourth-order valence-electron chi connectivity index (χ4n) is 2.95. The molecule has 0 amide bonds. The van der Waals surface area contributed by atoms with E-state index in [9.17, 15) is 10.2 Å². The second-order valence-electron chi connectivity index (χ2n) is 7.47. The van der Waals surface area contributed by atoms with Gasteiger partial charge in [0.1, 0.15) is 0 Å². The summed E-state index contributed by atoms with van der Waals surface area (Å²) in [5, 5.41) is 20.3. The van der Waals surface area contributed by atoms with Crippen LogP contribution in [0.25, 0.3) is 0 Å². The Kier molecular flexibility index (Phi) is 4.27. The summed E-state index contributed by atoms with van der Waals surface area (Å²) < 4.78 is 0. The van der Waals surface area contributed by atoms with Gasteiger partial charge in [0.25, 0.3) is 0 Å². The second-order valence-corrected chi connectivity index (χ2v) is 7.47. The van der Waals surface area contributed by atoms with Crippen LogP contribution in [0.5, 0.6) is 0 Å². The zero-order valence-corrected chi connectivity index (χ0v) is 13.2. The van der Waals surface area contributed by atoms with Crippen molar-refractivity contribution in [2.75, 3.05) is 0 Å². The van der Waals surface area contributed by atoms with Crippen molar-refractivity contribution in [1.82, 2.24) is 0 Å². The summed E-state index contributed by atoms with van der Waals surface area (Å²) in [5.74, 6) is 0.486. The molecule has 0 aliphatic heterocycles. The molecule has 2 rings (SSSR count). The van der Waals surface area contributed by atoms with E-state index < -0.39 is 5.60 Å². The second kappa shape index (κ2) is 5.50. The number of hydrogen-bond donors (Lipinski definition) is 2. The molecular formula is C18H28O2. The first-order valence-corrected chi connectivity index (χ1v) is 7.73. The van der Waals surface area contributed by atoms with Gasteiger partial charge in [0.15, 0.2) is 0 Å². The lowest BCUT2D eigenvalue weighted by molar-refractivity contribution is -0.0361. The molecule has 2 N–H and O–H groups in total. The molecule has 2 heteroatoms. The Balaban J connectivity index is 2.16. The van der Waals surface area contributed by atoms with Crippen molar-refractivity contribution in [1.29, 1.82) is 0 Å². The molecule has 2 nitrogen and oxygen atoms in total. The van der Waals surface area contributed by atoms with E-state index >= 15 is 0 Å². The lowest BCUT2D eigenvalue weighted by Crippen LogP contribution is -2.33. The molecule has 0 bridgehead atoms. The van der Waals surface area contributed by atoms with Crippen molar-refractivity contribution in [3.05, 3.63) is 35.4 Å². The summed E-state index contributed by atoms with van der Waals surface area (Å²) in [6, 6.07) is 8.42. The molecule has 0 heterocycles. The Morgan fingerprint density at radius 1 is 1.10 bits per heavy atom. The number of hydrogen-bond acceptors (Lipinski definition) is 2. The molecule has 112 valence electrons. The van der Waals surface area contributed by atoms with Crippen LogP contribution < -0.4 is 0 Å². The van der Waals surface area contributed by atoms with E-state index in [0.29, 0.717) is 31.6 Å². The minimum Gasteiger partial charge on any atom is -0.393 e. The van der Waals surface area contributed by atoms with Gasteiger partial charge in [-0.1, -0.05) is 52.0 Å². The van der Waals surface area contributed by atoms with Crippen LogP contribution in [0.3, 0.4) is 0 Å². The van der Waals surface area contributed by atoms with Crippen LogP contribution in [0, 0.1) is 5.41 Å². The van der Waals surface area contributed by atoms with Crippen LogP contribution in [-0.4, -0.2) is 16.3 Å². The number of aliphatic hydroxyl groups is 2. The summed E-state index contributed by atoms with van der Waals surface area (Å²) in [4.78, 5) is 0. The van der Waals surface area contributed by atoms with Crippen molar-refractivity contribution in [3.63, 3.8) is 0 Å². The zero-order chi connectivity index (χ0) is 15.0. The fraction of sp³-hybridized carbons (Fsp3) is 0.667. The van der Waals surface area contributed by atoms with Crippen LogP contribution in [0.1, 0.15) is 70.4 Å². The van der Waals surface area contributed by atoms with Gasteiger partial charge in [-0.05, 0) is 48.1 Å². The average Bonchev–Trinajstić information content (AvgIpc) is 2.41. The third-order valence-electron chi connectivity index (χ3n) is 5.03. The monoisotopic (exact) mass is 276 g/mol. The Morgan fingerprint density at radius 2 is 1.60 bits per heavy atom. The standard InChI is InChI=1S/C18H28O2/c1-13(17(2,3)4)14-5-7-15(8-6-14)18(20)11-9-16(19)10-12-18/h5-8,13,16,19-20H,9-12H2,1-4H3. The minimum atomic E-state index is -0.747. The lowest BCUT2D eigenvalue weighted by atomic mass is 9.75. The van der Waals surface area contributed by atoms with E-state index in [0.717, 1.165) is 5.56 Å². The molecule has 1 saturated carbocycles. The maximum Gasteiger partial charge on any atom is 0.0898 e. The Morgan fingerprint density at radius 3 is 2.05 bits per heavy atom. The van der Waals surface area contributed by atoms with Crippen LogP contribution >= 0.6 is 0 Å². The van der Waals surface area contributed by atoms with Gasteiger partial charge in [0.2, 0.25) is 0 Å². The minimum absolute atomic E-state index is 0.240. The highest BCUT2D eigenvalue weighted by molar-refractivity contribution is 5.30. The Bertz CT molecular complexity index is 433. The quantitative estimate of drug-likeness (QED) is 0.858. The molecule has 1 aliphatic rings. The predicted octanol–water partition coefficient (Wildman–Crippen LogP) is 3.96. The summed E-state index contributed by atoms with van der Waals surface area (Å²) in [5.41, 5.74) is 1.81. The van der Waals surface area contributed by atoms with Gasteiger partial charge < -0.3 is 10.2 Å². The summed E-state index contributed by atoms with van der Waals surface area (Å²) in [6.07, 6.45) is 2.45. The number of rotatable bonds is 2. The van der Waals surface area contributed by atoms with E-state index in [1.165, 1.54) is 5.56 Å². The lowest BCUT2D eigenvalue weighted by Gasteiger charge is -2.35. The molecule has 0 spiro atoms. The van der Waals surface area contributed by atoms with Crippen LogP contribution in [-0.2, 0) is 5.60 Å². The van der Waals surface area contributed by atoms with Crippen molar-refractivity contribution >= 4 is 0 Å². The molecule has 1 fully saturated rings. The molecule has 1 aliphatic carbocycles. The molecule has 1 unspecified atom stereocenters. The predicted molar refractivity (Wildman–Crippen MR) is 82.7 cm³/mol. The van der Waals surface area contributed by atoms with E-state index in [1.54, 1.807) is 0 Å². The van der Waals surface area contributed by atoms with E-state index in [2.05, 4.69) is 52.0 Å². The summed E-state index contributed by atoms with van der Waals surface area (Å²) in [6.45, 7) is 9.01. The largest absolute Gasteiger partial charge is 0.393 e. The van der Waals surface area contributed by atoms with Crippen molar-refractivity contribution in [2.24, 2.45) is 5.41 Å². The van der Waals surface area contributed by atoms with Gasteiger partial charge in [-0.3, -0.25) is 0 Å². The van der Waals surface area contributed by atoms with Gasteiger partial charge in [-0.2, -0.15) is 0 Å². The Hall–Kier alpha value is -0.860. The first kappa shape index (κ1) is 15.5. The van der Waals surface area contributed by atoms with Gasteiger partial charge >= 0.3 is 0 Å². The fourth-order valence-corrected chi connectivity index (χ4v) is 2.95. The third-order valence-corrected chi connectivity index (χ3v) is 5.03. The van der Waals surface area contributed by atoms with E-state index in [4.69, 9.17) is 0 Å². The first-order valence-electron chi connectivity index (χ1n) is 7.73. The number of benzene rings is 1. The van der Waals surface area contributed by atoms with E-state index in [1.807, 2.05) is 0 Å². The van der Waals surface area contributed by atoms with Crippen LogP contribution in [0.15, 0.2) is 24.3 Å². The maximum absolute atomic E-state index is 10.7. The normalized spacial score (nSPS) is 29.2. The summed E-state index contributed by atoms with van der Waals surface area (Å²) >= 11 is 0. The Labute approximate surface area is 122 Å². The number of aliphatic hydroxyl groups excluding tert-OH is 1. The van der Waals surface area contributed by atoms with Crippen LogP contribution in [0.4, 0.5) is 0 Å². The molecule has 0 radical (unpaired) electrons. The van der Waals surface area contributed by atoms with E-state index in [-0.39, 0.29) is 11.5 Å². The molecule has 0 saturated heterocycles. The highest BCUT2D eigenvalue weighted by Crippen LogP contribution is 2.39. The SMILES string of the molecule is CC(c1ccc(C2(O)CCC(O)CC2)cc1)C(C)(C)C. The average molecular weight is 276 g/mol. The highest BCUT2D eigenvalue weighted by Gasteiger charge is 2.34. The third kappa shape index (κ3) is 3.24. The molecular weight excluding hydrogens is 248 g/mol. The molecule has 1 aromatic rings. The maximum atomic E-state index is 10.7. The summed E-state index contributed by atoms with van der Waals surface area (Å²) in [7, 11) is 0. The van der Waals surface area contributed by atoms with Crippen molar-refractivity contribution in [2.45, 2.75) is 71.0 Å². The smallest absolute Gasteiger partial charge is 0.0898 e. The van der Waals surface area contributed by atoms with Gasteiger partial charge in [0.05, 0.1) is 11.7 Å². The van der Waals surface area contributed by atoms with Gasteiger partial charge in [-0.15, -0.1) is 0 Å². The molecule has 20 heavy (non-hydrogen) atoms. The molecule has 1 aromatic carbocycles. The highest BCUT2D eigenvalue weighted by atomic mass is 16.3. The zero-order valence-electron chi connectivity index (χ0n) is 13.2. The van der Waals surface area contributed by atoms with Gasteiger partial charge in [0, 0.05) is 0 Å². The van der Waals surface area contributed by atoms with Gasteiger partial charge in [-0.25, -0.2) is 0 Å².